The summed E-state index contributed by atoms with van der Waals surface area (Å²) in [4.78, 5) is 0.364. The summed E-state index contributed by atoms with van der Waals surface area (Å²) in [5.41, 5.74) is 3.29. The highest BCUT2D eigenvalue weighted by molar-refractivity contribution is 9.09. The number of benzene rings is 1. The summed E-state index contributed by atoms with van der Waals surface area (Å²) in [7, 11) is 0. The molecule has 64 valence electrons. The first-order chi connectivity index (χ1) is 5.70. The Kier molecular flexibility index (Phi) is 1.95. The van der Waals surface area contributed by atoms with E-state index in [9.17, 15) is 4.39 Å². The minimum absolute atomic E-state index is 0.0439. The van der Waals surface area contributed by atoms with Crippen molar-refractivity contribution in [1.82, 2.24) is 0 Å². The van der Waals surface area contributed by atoms with Crippen LogP contribution in [0.4, 0.5) is 4.39 Å². The molecule has 2 rings (SSSR count). The van der Waals surface area contributed by atoms with Gasteiger partial charge >= 0.3 is 0 Å². The molecule has 1 aliphatic carbocycles. The van der Waals surface area contributed by atoms with Gasteiger partial charge in [0.05, 0.1) is 0 Å². The smallest absolute Gasteiger partial charge is 0.126 e. The van der Waals surface area contributed by atoms with Gasteiger partial charge in [-0.3, -0.25) is 0 Å². The van der Waals surface area contributed by atoms with Crippen molar-refractivity contribution in [2.45, 2.75) is 24.6 Å². The van der Waals surface area contributed by atoms with Crippen molar-refractivity contribution in [2.75, 3.05) is 0 Å². The highest BCUT2D eigenvalue weighted by atomic mass is 79.9. The van der Waals surface area contributed by atoms with Crippen LogP contribution in [0.2, 0.25) is 0 Å². The number of hydrogen-bond acceptors (Lipinski definition) is 0. The van der Waals surface area contributed by atoms with Crippen LogP contribution in [0.3, 0.4) is 0 Å². The molecule has 0 saturated heterocycles. The molecule has 2 heteroatoms. The van der Waals surface area contributed by atoms with Gasteiger partial charge in [0.25, 0.3) is 0 Å². The Bertz CT molecular complexity index is 320. The second-order valence-corrected chi connectivity index (χ2v) is 4.37. The lowest BCUT2D eigenvalue weighted by Crippen LogP contribution is -1.92. The SMILES string of the molecule is Cc1ccc(F)c2c1C(Br)CC2. The predicted octanol–water partition coefficient (Wildman–Crippen LogP) is 3.52. The molecule has 0 bridgehead atoms. The van der Waals surface area contributed by atoms with E-state index in [1.165, 1.54) is 11.1 Å². The monoisotopic (exact) mass is 228 g/mol. The van der Waals surface area contributed by atoms with Gasteiger partial charge in [0.1, 0.15) is 5.82 Å². The molecule has 0 radical (unpaired) electrons. The number of rotatable bonds is 0. The predicted molar refractivity (Wildman–Crippen MR) is 51.1 cm³/mol. The fourth-order valence-electron chi connectivity index (χ4n) is 1.86. The van der Waals surface area contributed by atoms with Crippen molar-refractivity contribution in [2.24, 2.45) is 0 Å². The third kappa shape index (κ3) is 1.09. The van der Waals surface area contributed by atoms with Gasteiger partial charge in [0, 0.05) is 4.83 Å². The number of fused-ring (bicyclic) bond motifs is 1. The van der Waals surface area contributed by atoms with Crippen LogP contribution in [0.25, 0.3) is 0 Å². The van der Waals surface area contributed by atoms with Gasteiger partial charge in [-0.2, -0.15) is 0 Å². The number of alkyl halides is 1. The maximum absolute atomic E-state index is 13.2. The molecule has 1 aliphatic rings. The van der Waals surface area contributed by atoms with Crippen LogP contribution in [0.5, 0.6) is 0 Å². The molecule has 0 aromatic heterocycles. The Balaban J connectivity index is 2.64. The molecule has 1 aromatic carbocycles. The van der Waals surface area contributed by atoms with Gasteiger partial charge in [-0.25, -0.2) is 4.39 Å². The van der Waals surface area contributed by atoms with Gasteiger partial charge in [-0.1, -0.05) is 22.0 Å². The Morgan fingerprint density at radius 1 is 1.50 bits per heavy atom. The molecule has 0 aliphatic heterocycles. The average Bonchev–Trinajstić information content (AvgIpc) is 2.42. The molecule has 0 N–H and O–H groups in total. The van der Waals surface area contributed by atoms with Crippen molar-refractivity contribution in [3.63, 3.8) is 0 Å². The molecular weight excluding hydrogens is 219 g/mol. The van der Waals surface area contributed by atoms with Gasteiger partial charge in [-0.05, 0) is 42.5 Å². The van der Waals surface area contributed by atoms with Gasteiger partial charge in [0.15, 0.2) is 0 Å². The topological polar surface area (TPSA) is 0 Å². The normalized spacial score (nSPS) is 21.1. The van der Waals surface area contributed by atoms with Crippen molar-refractivity contribution < 1.29 is 4.39 Å². The van der Waals surface area contributed by atoms with Crippen molar-refractivity contribution in [1.29, 1.82) is 0 Å². The summed E-state index contributed by atoms with van der Waals surface area (Å²) in [6, 6.07) is 3.42. The fraction of sp³-hybridized carbons (Fsp3) is 0.400. The number of hydrogen-bond donors (Lipinski definition) is 0. The Hall–Kier alpha value is -0.370. The first kappa shape index (κ1) is 8.24. The lowest BCUT2D eigenvalue weighted by molar-refractivity contribution is 0.612. The third-order valence-electron chi connectivity index (χ3n) is 2.48. The van der Waals surface area contributed by atoms with Gasteiger partial charge in [0.2, 0.25) is 0 Å². The zero-order valence-corrected chi connectivity index (χ0v) is 8.49. The van der Waals surface area contributed by atoms with Crippen molar-refractivity contribution >= 4 is 15.9 Å². The van der Waals surface area contributed by atoms with E-state index >= 15 is 0 Å². The molecule has 0 spiro atoms. The lowest BCUT2D eigenvalue weighted by Gasteiger charge is -2.07. The van der Waals surface area contributed by atoms with E-state index in [4.69, 9.17) is 0 Å². The van der Waals surface area contributed by atoms with E-state index in [0.29, 0.717) is 4.83 Å². The average molecular weight is 229 g/mol. The van der Waals surface area contributed by atoms with Gasteiger partial charge in [-0.15, -0.1) is 0 Å². The maximum Gasteiger partial charge on any atom is 0.126 e. The van der Waals surface area contributed by atoms with Crippen molar-refractivity contribution in [3.05, 3.63) is 34.6 Å². The summed E-state index contributed by atoms with van der Waals surface area (Å²) >= 11 is 3.56. The molecule has 0 amide bonds. The maximum atomic E-state index is 13.2. The van der Waals surface area contributed by atoms with E-state index in [-0.39, 0.29) is 5.82 Å². The molecule has 1 aromatic rings. The van der Waals surface area contributed by atoms with Crippen LogP contribution < -0.4 is 0 Å². The van der Waals surface area contributed by atoms with Gasteiger partial charge < -0.3 is 0 Å². The highest BCUT2D eigenvalue weighted by Gasteiger charge is 2.24. The fourth-order valence-corrected chi connectivity index (χ4v) is 2.73. The second-order valence-electron chi connectivity index (χ2n) is 3.26. The molecule has 1 unspecified atom stereocenters. The van der Waals surface area contributed by atoms with Crippen molar-refractivity contribution in [3.8, 4) is 0 Å². The molecule has 0 heterocycles. The first-order valence-corrected chi connectivity index (χ1v) is 5.03. The largest absolute Gasteiger partial charge is 0.207 e. The van der Waals surface area contributed by atoms with Crippen LogP contribution >= 0.6 is 15.9 Å². The van der Waals surface area contributed by atoms with Crippen LogP contribution in [-0.2, 0) is 6.42 Å². The lowest BCUT2D eigenvalue weighted by atomic mass is 10.0. The zero-order valence-electron chi connectivity index (χ0n) is 6.90. The third-order valence-corrected chi connectivity index (χ3v) is 3.39. The molecule has 0 nitrogen and oxygen atoms in total. The number of halogens is 2. The van der Waals surface area contributed by atoms with E-state index in [1.807, 2.05) is 13.0 Å². The highest BCUT2D eigenvalue weighted by Crippen LogP contribution is 2.40. The quantitative estimate of drug-likeness (QED) is 0.597. The molecule has 1 atom stereocenters. The van der Waals surface area contributed by atoms with Crippen LogP contribution in [0.1, 0.15) is 27.9 Å². The van der Waals surface area contributed by atoms with Crippen LogP contribution in [0, 0.1) is 12.7 Å². The summed E-state index contributed by atoms with van der Waals surface area (Å²) in [5.74, 6) is -0.0439. The summed E-state index contributed by atoms with van der Waals surface area (Å²) < 4.78 is 13.2. The van der Waals surface area contributed by atoms with E-state index in [1.54, 1.807) is 6.07 Å². The van der Waals surface area contributed by atoms with E-state index < -0.39 is 0 Å². The summed E-state index contributed by atoms with van der Waals surface area (Å²) in [6.45, 7) is 2.04. The van der Waals surface area contributed by atoms with E-state index in [0.717, 1.165) is 18.4 Å². The molecule has 0 saturated carbocycles. The van der Waals surface area contributed by atoms with E-state index in [2.05, 4.69) is 15.9 Å². The summed E-state index contributed by atoms with van der Waals surface area (Å²) in [5, 5.41) is 0. The minimum atomic E-state index is -0.0439. The first-order valence-electron chi connectivity index (χ1n) is 4.12. The standard InChI is InChI=1S/C10H10BrF/c1-6-2-5-9(12)7-3-4-8(11)10(6)7/h2,5,8H,3-4H2,1H3. The second kappa shape index (κ2) is 2.84. The summed E-state index contributed by atoms with van der Waals surface area (Å²) in [6.07, 6.45) is 1.90. The minimum Gasteiger partial charge on any atom is -0.207 e. The molecule has 12 heavy (non-hydrogen) atoms. The Labute approximate surface area is 79.9 Å². The van der Waals surface area contributed by atoms with Crippen LogP contribution in [0.15, 0.2) is 12.1 Å². The van der Waals surface area contributed by atoms with Crippen LogP contribution in [-0.4, -0.2) is 0 Å². The zero-order chi connectivity index (χ0) is 8.72. The Morgan fingerprint density at radius 2 is 2.25 bits per heavy atom. The molecular formula is C10H10BrF. The molecule has 0 fully saturated rings. The number of aryl methyl sites for hydroxylation is 1. The Morgan fingerprint density at radius 3 is 2.92 bits per heavy atom.